The summed E-state index contributed by atoms with van der Waals surface area (Å²) in [5, 5.41) is 8.86. The summed E-state index contributed by atoms with van der Waals surface area (Å²) >= 11 is 0. The number of rotatable bonds is 8. The molecular weight excluding hydrogens is 557 g/mol. The van der Waals surface area contributed by atoms with Gasteiger partial charge in [-0.3, -0.25) is 4.68 Å². The molecule has 0 aliphatic carbocycles. The molecule has 5 rings (SSSR count). The van der Waals surface area contributed by atoms with Crippen LogP contribution in [-0.2, 0) is 9.84 Å². The molecule has 0 bridgehead atoms. The topological polar surface area (TPSA) is 132 Å². The molecule has 4 heterocycles. The Morgan fingerprint density at radius 2 is 1.85 bits per heavy atom. The second-order valence-electron chi connectivity index (χ2n) is 10.8. The number of anilines is 3. The first kappa shape index (κ1) is 28.7. The van der Waals surface area contributed by atoms with Crippen LogP contribution in [0.5, 0.6) is 0 Å². The van der Waals surface area contributed by atoms with Crippen LogP contribution in [0.15, 0.2) is 49.1 Å². The molecule has 1 aliphatic rings. The van der Waals surface area contributed by atoms with Crippen LogP contribution in [0.25, 0.3) is 22.2 Å². The number of sulfone groups is 1. The highest BCUT2D eigenvalue weighted by Gasteiger charge is 2.39. The monoisotopic (exact) mass is 588 g/mol. The van der Waals surface area contributed by atoms with E-state index in [1.807, 2.05) is 23.1 Å². The summed E-state index contributed by atoms with van der Waals surface area (Å²) in [6.07, 6.45) is 2.19. The van der Waals surface area contributed by atoms with E-state index in [-0.39, 0.29) is 23.4 Å². The van der Waals surface area contributed by atoms with Crippen LogP contribution in [0, 0.1) is 5.92 Å². The molecule has 1 fully saturated rings. The lowest BCUT2D eigenvalue weighted by atomic mass is 9.92. The lowest BCUT2D eigenvalue weighted by Gasteiger charge is -2.47. The molecule has 4 aromatic rings. The second kappa shape index (κ2) is 10.6. The number of aromatic nitrogens is 5. The van der Waals surface area contributed by atoms with E-state index < -0.39 is 28.2 Å². The van der Waals surface area contributed by atoms with E-state index >= 15 is 0 Å². The molecule has 0 amide bonds. The fourth-order valence-electron chi connectivity index (χ4n) is 4.98. The molecular formula is C27H31F3N8O2S. The highest BCUT2D eigenvalue weighted by Crippen LogP contribution is 2.38. The molecule has 1 aromatic carbocycles. The minimum atomic E-state index is -4.43. The zero-order chi connectivity index (χ0) is 29.7. The first-order valence-electron chi connectivity index (χ1n) is 13.0. The van der Waals surface area contributed by atoms with Gasteiger partial charge in [0.1, 0.15) is 27.5 Å². The number of nitrogens with one attached hydrogen (secondary N) is 1. The predicted molar refractivity (Wildman–Crippen MR) is 152 cm³/mol. The number of halogens is 3. The molecule has 0 unspecified atom stereocenters. The summed E-state index contributed by atoms with van der Waals surface area (Å²) in [7, 11) is -3.14. The van der Waals surface area contributed by atoms with Crippen LogP contribution in [0.1, 0.15) is 38.3 Å². The molecule has 14 heteroatoms. The van der Waals surface area contributed by atoms with Gasteiger partial charge in [-0.2, -0.15) is 18.3 Å². The second-order valence-corrected chi connectivity index (χ2v) is 12.9. The Morgan fingerprint density at radius 3 is 2.51 bits per heavy atom. The highest BCUT2D eigenvalue weighted by atomic mass is 32.2. The van der Waals surface area contributed by atoms with E-state index in [4.69, 9.17) is 5.73 Å². The number of benzene rings is 1. The third-order valence-electron chi connectivity index (χ3n) is 7.28. The molecule has 3 aromatic heterocycles. The van der Waals surface area contributed by atoms with Crippen molar-refractivity contribution in [3.63, 3.8) is 0 Å². The standard InChI is InChI=1S/C27H31F3N8O2S/c1-15(2)19-5-6-22(37-12-18(25(37)31)14-41(4,39)40)21-11-33-24(9-20(19)21)35-23-7-8-32-26(36-23)17-10-34-38(13-17)16(3)27(28,29)30/h5-11,13,15-16,18,25H,12,14,31H2,1-4H3,(H,32,33,35,36)/t16-,18+,25-/m0/s1. The zero-order valence-electron chi connectivity index (χ0n) is 23.0. The largest absolute Gasteiger partial charge is 0.410 e. The quantitative estimate of drug-likeness (QED) is 0.302. The maximum Gasteiger partial charge on any atom is 0.410 e. The van der Waals surface area contributed by atoms with E-state index in [0.717, 1.165) is 33.6 Å². The normalized spacial score (nSPS) is 18.5. The molecule has 0 saturated carbocycles. The Kier molecular flexibility index (Phi) is 7.40. The third kappa shape index (κ3) is 5.98. The average molecular weight is 589 g/mol. The van der Waals surface area contributed by atoms with Gasteiger partial charge >= 0.3 is 6.18 Å². The summed E-state index contributed by atoms with van der Waals surface area (Å²) in [5.41, 5.74) is 8.72. The van der Waals surface area contributed by atoms with Gasteiger partial charge < -0.3 is 16.0 Å². The van der Waals surface area contributed by atoms with Crippen LogP contribution in [0.3, 0.4) is 0 Å². The fraction of sp³-hybridized carbons (Fsp3) is 0.407. The number of hydrogen-bond acceptors (Lipinski definition) is 9. The summed E-state index contributed by atoms with van der Waals surface area (Å²) in [6, 6.07) is 5.82. The number of fused-ring (bicyclic) bond motifs is 1. The fourth-order valence-corrected chi connectivity index (χ4v) is 6.06. The third-order valence-corrected chi connectivity index (χ3v) is 8.31. The first-order valence-corrected chi connectivity index (χ1v) is 15.1. The van der Waals surface area contributed by atoms with Crippen molar-refractivity contribution in [3.05, 3.63) is 54.6 Å². The number of alkyl halides is 3. The van der Waals surface area contributed by atoms with Crippen LogP contribution in [-0.4, -0.2) is 64.0 Å². The summed E-state index contributed by atoms with van der Waals surface area (Å²) in [5.74, 6) is 1.26. The van der Waals surface area contributed by atoms with Crippen molar-refractivity contribution in [2.24, 2.45) is 11.7 Å². The Bertz CT molecular complexity index is 1690. The minimum absolute atomic E-state index is 0.0437. The predicted octanol–water partition coefficient (Wildman–Crippen LogP) is 4.64. The Morgan fingerprint density at radius 1 is 1.10 bits per heavy atom. The molecule has 0 spiro atoms. The highest BCUT2D eigenvalue weighted by molar-refractivity contribution is 7.90. The van der Waals surface area contributed by atoms with Gasteiger partial charge in [-0.15, -0.1) is 0 Å². The summed E-state index contributed by atoms with van der Waals surface area (Å²) in [6.45, 7) is 5.75. The van der Waals surface area contributed by atoms with Crippen molar-refractivity contribution in [3.8, 4) is 11.4 Å². The van der Waals surface area contributed by atoms with Gasteiger partial charge in [-0.25, -0.2) is 23.4 Å². The maximum absolute atomic E-state index is 13.1. The smallest absolute Gasteiger partial charge is 0.355 e. The lowest BCUT2D eigenvalue weighted by Crippen LogP contribution is -2.63. The van der Waals surface area contributed by atoms with Crippen molar-refractivity contribution in [1.82, 2.24) is 24.7 Å². The molecule has 1 saturated heterocycles. The minimum Gasteiger partial charge on any atom is -0.355 e. The van der Waals surface area contributed by atoms with Gasteiger partial charge in [0, 0.05) is 48.4 Å². The number of nitrogens with two attached hydrogens (primary N) is 1. The van der Waals surface area contributed by atoms with Gasteiger partial charge in [-0.1, -0.05) is 19.9 Å². The van der Waals surface area contributed by atoms with Gasteiger partial charge in [0.05, 0.1) is 23.7 Å². The molecule has 1 aliphatic heterocycles. The average Bonchev–Trinajstić information content (AvgIpc) is 3.39. The SMILES string of the molecule is CC(C)c1ccc(N2C[C@H](CS(C)(=O)=O)[C@H]2N)c2cnc(Nc3ccnc(-c4cnn([C@@H](C)C(F)(F)F)c4)n3)cc12. The van der Waals surface area contributed by atoms with E-state index in [2.05, 4.69) is 39.2 Å². The molecule has 41 heavy (non-hydrogen) atoms. The van der Waals surface area contributed by atoms with Crippen LogP contribution >= 0.6 is 0 Å². The van der Waals surface area contributed by atoms with Crippen molar-refractivity contribution in [2.75, 3.05) is 28.8 Å². The Labute approximate surface area is 235 Å². The first-order chi connectivity index (χ1) is 19.2. The van der Waals surface area contributed by atoms with Crippen LogP contribution in [0.2, 0.25) is 0 Å². The number of hydrogen-bond donors (Lipinski definition) is 2. The summed E-state index contributed by atoms with van der Waals surface area (Å²) < 4.78 is 63.6. The lowest BCUT2D eigenvalue weighted by molar-refractivity contribution is -0.165. The zero-order valence-corrected chi connectivity index (χ0v) is 23.8. The van der Waals surface area contributed by atoms with E-state index in [1.165, 1.54) is 24.8 Å². The van der Waals surface area contributed by atoms with Gasteiger partial charge in [0.25, 0.3) is 0 Å². The van der Waals surface area contributed by atoms with Crippen molar-refractivity contribution >= 4 is 37.9 Å². The van der Waals surface area contributed by atoms with Gasteiger partial charge in [0.15, 0.2) is 5.82 Å². The number of nitrogens with zero attached hydrogens (tertiary/aromatic N) is 6. The maximum atomic E-state index is 13.1. The van der Waals surface area contributed by atoms with E-state index in [1.54, 1.807) is 12.3 Å². The van der Waals surface area contributed by atoms with Crippen molar-refractivity contribution in [2.45, 2.75) is 45.1 Å². The van der Waals surface area contributed by atoms with Crippen molar-refractivity contribution in [1.29, 1.82) is 0 Å². The van der Waals surface area contributed by atoms with Gasteiger partial charge in [-0.05, 0) is 42.0 Å². The molecule has 218 valence electrons. The van der Waals surface area contributed by atoms with Crippen LogP contribution in [0.4, 0.5) is 30.5 Å². The van der Waals surface area contributed by atoms with Crippen molar-refractivity contribution < 1.29 is 21.6 Å². The molecule has 10 nitrogen and oxygen atoms in total. The summed E-state index contributed by atoms with van der Waals surface area (Å²) in [4.78, 5) is 15.2. The molecule has 3 atom stereocenters. The molecule has 3 N–H and O–H groups in total. The van der Waals surface area contributed by atoms with E-state index in [9.17, 15) is 21.6 Å². The van der Waals surface area contributed by atoms with Gasteiger partial charge in [0.2, 0.25) is 0 Å². The van der Waals surface area contributed by atoms with E-state index in [0.29, 0.717) is 23.7 Å². The van der Waals surface area contributed by atoms with Crippen LogP contribution < -0.4 is 16.0 Å². The number of pyridine rings is 1. The molecule has 0 radical (unpaired) electrons. The Balaban J connectivity index is 1.42. The Hall–Kier alpha value is -3.78.